The summed E-state index contributed by atoms with van der Waals surface area (Å²) < 4.78 is 39.5. The van der Waals surface area contributed by atoms with Gasteiger partial charge >= 0.3 is 6.18 Å². The monoisotopic (exact) mass is 362 g/mol. The summed E-state index contributed by atoms with van der Waals surface area (Å²) in [5.74, 6) is 0.616. The van der Waals surface area contributed by atoms with Crippen LogP contribution in [0.25, 0.3) is 0 Å². The maximum atomic E-state index is 13.2. The summed E-state index contributed by atoms with van der Waals surface area (Å²) in [6, 6.07) is 1.65. The number of carbonyl (C=O) groups is 1. The van der Waals surface area contributed by atoms with Crippen LogP contribution in [0.5, 0.6) is 0 Å². The van der Waals surface area contributed by atoms with Crippen molar-refractivity contribution >= 4 is 34.7 Å². The van der Waals surface area contributed by atoms with Crippen molar-refractivity contribution in [2.75, 3.05) is 25.9 Å². The standard InChI is InChI=1S/C15H17F3N2OS2/c1-4-9(15(16,17)18)12(19-3)10-8-11-13(23-10)14(21)20(5-2)6-7-22-11/h4,8H,5-7H2,1-3H3/b9-4+,19-12?. The number of nitrogens with zero attached hydrogens (tertiary/aromatic N) is 2. The number of carbonyl (C=O) groups excluding carboxylic acids is 1. The molecule has 2 rings (SSSR count). The van der Waals surface area contributed by atoms with E-state index in [1.165, 1.54) is 25.7 Å². The Balaban J connectivity index is 2.47. The predicted octanol–water partition coefficient (Wildman–Crippen LogP) is 4.24. The van der Waals surface area contributed by atoms with Gasteiger partial charge in [-0.15, -0.1) is 23.1 Å². The fraction of sp³-hybridized carbons (Fsp3) is 0.467. The van der Waals surface area contributed by atoms with E-state index < -0.39 is 11.7 Å². The predicted molar refractivity (Wildman–Crippen MR) is 88.9 cm³/mol. The average molecular weight is 362 g/mol. The van der Waals surface area contributed by atoms with Crippen LogP contribution in [0.1, 0.15) is 28.4 Å². The van der Waals surface area contributed by atoms with Gasteiger partial charge in [0.25, 0.3) is 5.91 Å². The Morgan fingerprint density at radius 2 is 2.17 bits per heavy atom. The zero-order valence-electron chi connectivity index (χ0n) is 13.0. The van der Waals surface area contributed by atoms with Gasteiger partial charge in [0.1, 0.15) is 4.88 Å². The highest BCUT2D eigenvalue weighted by Crippen LogP contribution is 2.37. The van der Waals surface area contributed by atoms with Crippen molar-refractivity contribution < 1.29 is 18.0 Å². The maximum absolute atomic E-state index is 13.2. The molecule has 0 aromatic carbocycles. The number of halogens is 3. The number of hydrogen-bond acceptors (Lipinski definition) is 4. The molecule has 3 nitrogen and oxygen atoms in total. The fourth-order valence-corrected chi connectivity index (χ4v) is 4.76. The number of thiophene rings is 1. The SMILES string of the molecule is C/C=C(\C(=NC)c1cc2c(s1)C(=O)N(CC)CCS2)C(F)(F)F. The normalized spacial score (nSPS) is 17.3. The molecule has 126 valence electrons. The van der Waals surface area contributed by atoms with Crippen LogP contribution < -0.4 is 0 Å². The van der Waals surface area contributed by atoms with Crippen molar-refractivity contribution in [3.63, 3.8) is 0 Å². The first-order valence-electron chi connectivity index (χ1n) is 7.10. The number of thioether (sulfide) groups is 1. The lowest BCUT2D eigenvalue weighted by molar-refractivity contribution is -0.0861. The highest BCUT2D eigenvalue weighted by atomic mass is 32.2. The van der Waals surface area contributed by atoms with Crippen LogP contribution >= 0.6 is 23.1 Å². The maximum Gasteiger partial charge on any atom is 0.418 e. The van der Waals surface area contributed by atoms with Gasteiger partial charge in [-0.05, 0) is 19.9 Å². The minimum Gasteiger partial charge on any atom is -0.337 e. The van der Waals surface area contributed by atoms with E-state index in [0.29, 0.717) is 22.8 Å². The van der Waals surface area contributed by atoms with E-state index in [1.807, 2.05) is 6.92 Å². The van der Waals surface area contributed by atoms with Crippen LogP contribution in [0.4, 0.5) is 13.2 Å². The molecule has 1 aliphatic rings. The number of aliphatic imine (C=N–C) groups is 1. The summed E-state index contributed by atoms with van der Waals surface area (Å²) in [4.78, 5) is 19.6. The molecule has 2 heterocycles. The first-order chi connectivity index (χ1) is 10.8. The zero-order chi connectivity index (χ0) is 17.2. The van der Waals surface area contributed by atoms with E-state index in [4.69, 9.17) is 0 Å². The molecule has 8 heteroatoms. The smallest absolute Gasteiger partial charge is 0.337 e. The second-order valence-corrected chi connectivity index (χ2v) is 7.00. The third-order valence-electron chi connectivity index (χ3n) is 3.49. The van der Waals surface area contributed by atoms with Gasteiger partial charge < -0.3 is 4.90 Å². The first kappa shape index (κ1) is 18.1. The minimum atomic E-state index is -4.47. The Bertz CT molecular complexity index is 662. The van der Waals surface area contributed by atoms with Gasteiger partial charge in [-0.25, -0.2) is 0 Å². The molecule has 1 aliphatic heterocycles. The van der Waals surface area contributed by atoms with Crippen LogP contribution in [0.15, 0.2) is 27.6 Å². The quantitative estimate of drug-likeness (QED) is 0.754. The molecule has 1 aromatic rings. The van der Waals surface area contributed by atoms with Crippen molar-refractivity contribution in [2.45, 2.75) is 24.9 Å². The highest BCUT2D eigenvalue weighted by Gasteiger charge is 2.38. The first-order valence-corrected chi connectivity index (χ1v) is 8.90. The van der Waals surface area contributed by atoms with Gasteiger partial charge in [0.15, 0.2) is 0 Å². The summed E-state index contributed by atoms with van der Waals surface area (Å²) in [6.07, 6.45) is -3.46. The third kappa shape index (κ3) is 3.63. The van der Waals surface area contributed by atoms with E-state index >= 15 is 0 Å². The molecule has 0 aliphatic carbocycles. The van der Waals surface area contributed by atoms with Gasteiger partial charge in [0.05, 0.1) is 16.2 Å². The highest BCUT2D eigenvalue weighted by molar-refractivity contribution is 7.99. The van der Waals surface area contributed by atoms with E-state index in [2.05, 4.69) is 4.99 Å². The molecule has 0 bridgehead atoms. The third-order valence-corrected chi connectivity index (χ3v) is 5.76. The van der Waals surface area contributed by atoms with E-state index in [-0.39, 0.29) is 11.6 Å². The molecule has 1 amide bonds. The summed E-state index contributed by atoms with van der Waals surface area (Å²) in [5.41, 5.74) is -0.893. The Morgan fingerprint density at radius 3 is 2.70 bits per heavy atom. The summed E-state index contributed by atoms with van der Waals surface area (Å²) in [5, 5.41) is 0. The largest absolute Gasteiger partial charge is 0.418 e. The number of hydrogen-bond donors (Lipinski definition) is 0. The van der Waals surface area contributed by atoms with Crippen LogP contribution in [-0.2, 0) is 0 Å². The number of rotatable bonds is 3. The summed E-state index contributed by atoms with van der Waals surface area (Å²) >= 11 is 2.58. The molecule has 0 radical (unpaired) electrons. The Morgan fingerprint density at radius 1 is 1.48 bits per heavy atom. The lowest BCUT2D eigenvalue weighted by Crippen LogP contribution is -2.31. The van der Waals surface area contributed by atoms with Gasteiger partial charge in [0.2, 0.25) is 0 Å². The topological polar surface area (TPSA) is 32.7 Å². The molecule has 0 spiro atoms. The molecule has 0 atom stereocenters. The van der Waals surface area contributed by atoms with Crippen molar-refractivity contribution in [3.8, 4) is 0 Å². The molecular weight excluding hydrogens is 345 g/mol. The second-order valence-electron chi connectivity index (χ2n) is 4.81. The lowest BCUT2D eigenvalue weighted by atomic mass is 10.1. The lowest BCUT2D eigenvalue weighted by Gasteiger charge is -2.17. The van der Waals surface area contributed by atoms with Crippen LogP contribution in [0.3, 0.4) is 0 Å². The molecule has 1 aromatic heterocycles. The van der Waals surface area contributed by atoms with Crippen molar-refractivity contribution in [2.24, 2.45) is 4.99 Å². The van der Waals surface area contributed by atoms with Gasteiger partial charge in [-0.3, -0.25) is 9.79 Å². The number of alkyl halides is 3. The molecule has 0 saturated carbocycles. The van der Waals surface area contributed by atoms with Crippen molar-refractivity contribution in [3.05, 3.63) is 27.5 Å². The molecule has 0 saturated heterocycles. The van der Waals surface area contributed by atoms with Crippen LogP contribution in [0.2, 0.25) is 0 Å². The van der Waals surface area contributed by atoms with Crippen LogP contribution in [0, 0.1) is 0 Å². The average Bonchev–Trinajstić information content (AvgIpc) is 2.84. The Hall–Kier alpha value is -1.28. The molecular formula is C15H17F3N2OS2. The number of amides is 1. The van der Waals surface area contributed by atoms with Crippen LogP contribution in [-0.4, -0.2) is 48.6 Å². The Kier molecular flexibility index (Phi) is 5.57. The Labute approximate surface area is 141 Å². The van der Waals surface area contributed by atoms with Gasteiger partial charge in [0, 0.05) is 30.8 Å². The van der Waals surface area contributed by atoms with E-state index in [9.17, 15) is 18.0 Å². The van der Waals surface area contributed by atoms with Gasteiger partial charge in [-0.1, -0.05) is 6.08 Å². The van der Waals surface area contributed by atoms with E-state index in [0.717, 1.165) is 28.1 Å². The molecule has 0 N–H and O–H groups in total. The summed E-state index contributed by atoms with van der Waals surface area (Å²) in [7, 11) is 1.34. The summed E-state index contributed by atoms with van der Waals surface area (Å²) in [6.45, 7) is 4.46. The molecule has 0 fully saturated rings. The molecule has 0 unspecified atom stereocenters. The number of allylic oxidation sites excluding steroid dienone is 2. The second kappa shape index (κ2) is 7.09. The fourth-order valence-electron chi connectivity index (χ4n) is 2.36. The zero-order valence-corrected chi connectivity index (χ0v) is 14.7. The van der Waals surface area contributed by atoms with Crippen molar-refractivity contribution in [1.29, 1.82) is 0 Å². The number of fused-ring (bicyclic) bond motifs is 1. The van der Waals surface area contributed by atoms with E-state index in [1.54, 1.807) is 11.0 Å². The minimum absolute atomic E-state index is 0.116. The van der Waals surface area contributed by atoms with Gasteiger partial charge in [-0.2, -0.15) is 13.2 Å². The van der Waals surface area contributed by atoms with Crippen molar-refractivity contribution in [1.82, 2.24) is 4.90 Å². The molecule has 23 heavy (non-hydrogen) atoms.